The highest BCUT2D eigenvalue weighted by molar-refractivity contribution is 5.82. The van der Waals surface area contributed by atoms with Crippen LogP contribution in [0.25, 0.3) is 5.57 Å². The quantitative estimate of drug-likeness (QED) is 0.421. The smallest absolute Gasteiger partial charge is 0.0201 e. The predicted octanol–water partition coefficient (Wildman–Crippen LogP) is 9.01. The lowest BCUT2D eigenvalue weighted by Gasteiger charge is -2.35. The third-order valence-corrected chi connectivity index (χ3v) is 8.67. The van der Waals surface area contributed by atoms with E-state index in [1.54, 1.807) is 11.1 Å². The van der Waals surface area contributed by atoms with Crippen LogP contribution in [0.3, 0.4) is 0 Å². The molecule has 35 heavy (non-hydrogen) atoms. The Morgan fingerprint density at radius 1 is 1.03 bits per heavy atom. The minimum absolute atomic E-state index is 0.322. The zero-order chi connectivity index (χ0) is 24.1. The van der Waals surface area contributed by atoms with Crippen LogP contribution in [0, 0.1) is 5.92 Å². The van der Waals surface area contributed by atoms with Crippen LogP contribution in [0.15, 0.2) is 107 Å². The van der Waals surface area contributed by atoms with Crippen LogP contribution >= 0.6 is 0 Å². The van der Waals surface area contributed by atoms with Gasteiger partial charge in [0.1, 0.15) is 0 Å². The van der Waals surface area contributed by atoms with Gasteiger partial charge in [0.2, 0.25) is 0 Å². The van der Waals surface area contributed by atoms with Crippen LogP contribution in [0.4, 0.5) is 0 Å². The molecule has 0 aromatic heterocycles. The Labute approximate surface area is 211 Å². The number of hydrogen-bond acceptors (Lipinski definition) is 0. The van der Waals surface area contributed by atoms with Gasteiger partial charge in [-0.05, 0) is 101 Å². The minimum atomic E-state index is 0.322. The van der Waals surface area contributed by atoms with Crippen molar-refractivity contribution in [3.63, 3.8) is 0 Å². The maximum Gasteiger partial charge on any atom is 0.0201 e. The molecule has 0 radical (unpaired) electrons. The molecule has 4 aliphatic carbocycles. The van der Waals surface area contributed by atoms with Crippen LogP contribution in [0.2, 0.25) is 0 Å². The van der Waals surface area contributed by atoms with Crippen molar-refractivity contribution in [1.82, 2.24) is 0 Å². The van der Waals surface area contributed by atoms with Gasteiger partial charge in [-0.3, -0.25) is 0 Å². The molecular weight excluding hydrogens is 420 g/mol. The first-order chi connectivity index (χ1) is 17.0. The van der Waals surface area contributed by atoms with Gasteiger partial charge in [0.05, 0.1) is 0 Å². The molecule has 2 unspecified atom stereocenters. The summed E-state index contributed by atoms with van der Waals surface area (Å²) >= 11 is 0. The van der Waals surface area contributed by atoms with Crippen molar-refractivity contribution in [3.05, 3.63) is 135 Å². The standard InChI is InChI=1S/C35H36/c1-5-9-22(2)33-23(3)18-31-21-30(20-28-16-15-26-10-6-7-13-32(26)28)24(4)34(31)35(33)29-17-14-25-11-8-12-27(25)19-29/h6-7,10,13-14,16-20,34-35H,2,4-5,8-9,11-12,15,21H2,1,3H3. The van der Waals surface area contributed by atoms with E-state index in [1.165, 1.54) is 75.0 Å². The molecule has 0 N–H and O–H groups in total. The van der Waals surface area contributed by atoms with Crippen molar-refractivity contribution in [2.24, 2.45) is 5.92 Å². The molecule has 0 heterocycles. The highest BCUT2D eigenvalue weighted by Crippen LogP contribution is 2.55. The zero-order valence-corrected chi connectivity index (χ0v) is 21.3. The Morgan fingerprint density at radius 2 is 1.86 bits per heavy atom. The summed E-state index contributed by atoms with van der Waals surface area (Å²) in [6.45, 7) is 13.9. The van der Waals surface area contributed by atoms with E-state index in [1.807, 2.05) is 0 Å². The molecule has 2 aromatic rings. The summed E-state index contributed by atoms with van der Waals surface area (Å²) in [5, 5.41) is 0. The molecule has 0 nitrogen and oxygen atoms in total. The van der Waals surface area contributed by atoms with Crippen molar-refractivity contribution in [1.29, 1.82) is 0 Å². The first-order valence-corrected chi connectivity index (χ1v) is 13.4. The van der Waals surface area contributed by atoms with Gasteiger partial charge in [0.15, 0.2) is 0 Å². The highest BCUT2D eigenvalue weighted by Gasteiger charge is 2.41. The fraction of sp³-hybridized carbons (Fsp3) is 0.314. The van der Waals surface area contributed by atoms with Crippen molar-refractivity contribution in [3.8, 4) is 0 Å². The SMILES string of the molecule is C=C(CCC)C1=C(C)C=C2CC(=CC3=CCc4ccccc43)C(=C)C2C1c1ccc2c(c1)CCC2. The molecule has 0 bridgehead atoms. The molecule has 0 aliphatic heterocycles. The second kappa shape index (κ2) is 8.83. The number of benzene rings is 2. The van der Waals surface area contributed by atoms with Crippen LogP contribution in [-0.2, 0) is 19.3 Å². The van der Waals surface area contributed by atoms with E-state index >= 15 is 0 Å². The van der Waals surface area contributed by atoms with Gasteiger partial charge in [-0.15, -0.1) is 0 Å². The molecular formula is C35H36. The van der Waals surface area contributed by atoms with Gasteiger partial charge in [-0.25, -0.2) is 0 Å². The largest absolute Gasteiger partial charge is 0.0955 e. The molecule has 2 aromatic carbocycles. The Bertz CT molecular complexity index is 1370. The number of hydrogen-bond donors (Lipinski definition) is 0. The van der Waals surface area contributed by atoms with Gasteiger partial charge in [0.25, 0.3) is 0 Å². The van der Waals surface area contributed by atoms with Crippen molar-refractivity contribution >= 4 is 5.57 Å². The third-order valence-electron chi connectivity index (χ3n) is 8.67. The average molecular weight is 457 g/mol. The molecule has 6 rings (SSSR count). The van der Waals surface area contributed by atoms with E-state index in [9.17, 15) is 0 Å². The fourth-order valence-electron chi connectivity index (χ4n) is 7.05. The summed E-state index contributed by atoms with van der Waals surface area (Å²) in [7, 11) is 0. The lowest BCUT2D eigenvalue weighted by molar-refractivity contribution is 0.618. The van der Waals surface area contributed by atoms with Gasteiger partial charge in [-0.1, -0.05) is 98.3 Å². The number of rotatable bonds is 5. The van der Waals surface area contributed by atoms with Gasteiger partial charge < -0.3 is 0 Å². The number of fused-ring (bicyclic) bond motifs is 3. The van der Waals surface area contributed by atoms with Crippen LogP contribution in [0.1, 0.15) is 73.3 Å². The molecule has 176 valence electrons. The Morgan fingerprint density at radius 3 is 2.71 bits per heavy atom. The van der Waals surface area contributed by atoms with Crippen molar-refractivity contribution in [2.45, 2.75) is 64.7 Å². The molecule has 1 fully saturated rings. The summed E-state index contributed by atoms with van der Waals surface area (Å²) in [6.07, 6.45) is 15.3. The maximum absolute atomic E-state index is 4.74. The van der Waals surface area contributed by atoms with Crippen molar-refractivity contribution < 1.29 is 0 Å². The van der Waals surface area contributed by atoms with Crippen molar-refractivity contribution in [2.75, 3.05) is 0 Å². The third kappa shape index (κ3) is 3.75. The Balaban J connectivity index is 1.42. The molecule has 4 aliphatic rings. The second-order valence-electron chi connectivity index (χ2n) is 10.9. The van der Waals surface area contributed by atoms with Crippen LogP contribution < -0.4 is 0 Å². The van der Waals surface area contributed by atoms with E-state index in [0.29, 0.717) is 11.8 Å². The summed E-state index contributed by atoms with van der Waals surface area (Å²) in [5.74, 6) is 0.661. The van der Waals surface area contributed by atoms with E-state index in [4.69, 9.17) is 6.58 Å². The van der Waals surface area contributed by atoms with E-state index in [2.05, 4.69) is 81.1 Å². The molecule has 0 heteroatoms. The molecule has 1 saturated carbocycles. The Hall–Kier alpha value is -3.12. The fourth-order valence-corrected chi connectivity index (χ4v) is 7.05. The van der Waals surface area contributed by atoms with Gasteiger partial charge >= 0.3 is 0 Å². The molecule has 2 atom stereocenters. The molecule has 0 saturated heterocycles. The first-order valence-electron chi connectivity index (χ1n) is 13.4. The van der Waals surface area contributed by atoms with Gasteiger partial charge in [0, 0.05) is 11.8 Å². The monoisotopic (exact) mass is 456 g/mol. The topological polar surface area (TPSA) is 0 Å². The van der Waals surface area contributed by atoms with E-state index in [-0.39, 0.29) is 0 Å². The summed E-state index contributed by atoms with van der Waals surface area (Å²) in [6, 6.07) is 16.2. The van der Waals surface area contributed by atoms with E-state index < -0.39 is 0 Å². The summed E-state index contributed by atoms with van der Waals surface area (Å²) in [5.41, 5.74) is 17.2. The first kappa shape index (κ1) is 22.4. The van der Waals surface area contributed by atoms with Crippen LogP contribution in [0.5, 0.6) is 0 Å². The predicted molar refractivity (Wildman–Crippen MR) is 149 cm³/mol. The summed E-state index contributed by atoms with van der Waals surface area (Å²) < 4.78 is 0. The summed E-state index contributed by atoms with van der Waals surface area (Å²) in [4.78, 5) is 0. The van der Waals surface area contributed by atoms with Crippen LogP contribution in [-0.4, -0.2) is 0 Å². The minimum Gasteiger partial charge on any atom is -0.0955 e. The molecule has 0 amide bonds. The lowest BCUT2D eigenvalue weighted by Crippen LogP contribution is -2.21. The maximum atomic E-state index is 4.74. The Kier molecular flexibility index (Phi) is 5.64. The number of allylic oxidation sites excluding steroid dienone is 10. The highest BCUT2D eigenvalue weighted by atomic mass is 14.4. The average Bonchev–Trinajstić information content (AvgIpc) is 3.56. The second-order valence-corrected chi connectivity index (χ2v) is 10.9. The van der Waals surface area contributed by atoms with Gasteiger partial charge in [-0.2, -0.15) is 0 Å². The molecule has 0 spiro atoms. The number of aryl methyl sites for hydroxylation is 2. The lowest BCUT2D eigenvalue weighted by atomic mass is 9.69. The van der Waals surface area contributed by atoms with E-state index in [0.717, 1.165) is 25.7 Å². The zero-order valence-electron chi connectivity index (χ0n) is 21.3. The normalized spacial score (nSPS) is 23.8.